The fourth-order valence-electron chi connectivity index (χ4n) is 1.90. The second-order valence-corrected chi connectivity index (χ2v) is 6.42. The zero-order valence-corrected chi connectivity index (χ0v) is 12.6. The van der Waals surface area contributed by atoms with E-state index >= 15 is 0 Å². The van der Waals surface area contributed by atoms with Crippen LogP contribution in [0.15, 0.2) is 34.2 Å². The van der Waals surface area contributed by atoms with Gasteiger partial charge in [0.15, 0.2) is 0 Å². The van der Waals surface area contributed by atoms with Crippen LogP contribution in [0.25, 0.3) is 0 Å². The van der Waals surface area contributed by atoms with Crippen molar-refractivity contribution in [3.8, 4) is 0 Å². The molecule has 1 aliphatic rings. The van der Waals surface area contributed by atoms with E-state index in [1.54, 1.807) is 11.8 Å². The van der Waals surface area contributed by atoms with E-state index in [4.69, 9.17) is 11.6 Å². The van der Waals surface area contributed by atoms with Crippen LogP contribution in [-0.4, -0.2) is 9.97 Å². The van der Waals surface area contributed by atoms with Crippen LogP contribution >= 0.6 is 23.4 Å². The Morgan fingerprint density at radius 2 is 2.00 bits per heavy atom. The lowest BCUT2D eigenvalue weighted by Crippen LogP contribution is -1.98. The number of aryl methyl sites for hydroxylation is 1. The van der Waals surface area contributed by atoms with Crippen molar-refractivity contribution in [2.24, 2.45) is 0 Å². The minimum Gasteiger partial charge on any atom is -0.226 e. The maximum atomic E-state index is 6.22. The first-order valence-electron chi connectivity index (χ1n) is 6.42. The van der Waals surface area contributed by atoms with Gasteiger partial charge in [-0.3, -0.25) is 0 Å². The lowest BCUT2D eigenvalue weighted by Gasteiger charge is -2.08. The van der Waals surface area contributed by atoms with Crippen LogP contribution in [0, 0.1) is 13.8 Å². The van der Waals surface area contributed by atoms with Gasteiger partial charge in [-0.15, -0.1) is 0 Å². The van der Waals surface area contributed by atoms with Crippen LogP contribution in [-0.2, 0) is 0 Å². The van der Waals surface area contributed by atoms with Gasteiger partial charge in [0.2, 0.25) is 0 Å². The highest BCUT2D eigenvalue weighted by Gasteiger charge is 2.28. The molecule has 0 amide bonds. The number of rotatable bonds is 3. The van der Waals surface area contributed by atoms with Gasteiger partial charge in [0.25, 0.3) is 0 Å². The van der Waals surface area contributed by atoms with Crippen molar-refractivity contribution in [2.75, 3.05) is 0 Å². The summed E-state index contributed by atoms with van der Waals surface area (Å²) in [7, 11) is 0. The summed E-state index contributed by atoms with van der Waals surface area (Å²) in [6.45, 7) is 4.08. The SMILES string of the molecule is Cc1cccc(Sc2nc(C3CC3)nc(Cl)c2C)c1. The summed E-state index contributed by atoms with van der Waals surface area (Å²) in [5, 5.41) is 1.57. The van der Waals surface area contributed by atoms with E-state index in [0.717, 1.165) is 16.4 Å². The largest absolute Gasteiger partial charge is 0.226 e. The highest BCUT2D eigenvalue weighted by atomic mass is 35.5. The summed E-state index contributed by atoms with van der Waals surface area (Å²) in [4.78, 5) is 10.3. The minimum atomic E-state index is 0.523. The van der Waals surface area contributed by atoms with E-state index in [-0.39, 0.29) is 0 Å². The molecule has 0 bridgehead atoms. The highest BCUT2D eigenvalue weighted by molar-refractivity contribution is 7.99. The quantitative estimate of drug-likeness (QED) is 0.761. The molecule has 0 unspecified atom stereocenters. The first kappa shape index (κ1) is 12.9. The van der Waals surface area contributed by atoms with Crippen LogP contribution in [0.1, 0.15) is 35.7 Å². The highest BCUT2D eigenvalue weighted by Crippen LogP contribution is 2.40. The minimum absolute atomic E-state index is 0.523. The van der Waals surface area contributed by atoms with Gasteiger partial charge in [0.1, 0.15) is 16.0 Å². The molecule has 0 radical (unpaired) electrons. The van der Waals surface area contributed by atoms with Gasteiger partial charge in [0, 0.05) is 16.4 Å². The summed E-state index contributed by atoms with van der Waals surface area (Å²) in [5.41, 5.74) is 2.22. The van der Waals surface area contributed by atoms with E-state index in [1.807, 2.05) is 6.92 Å². The van der Waals surface area contributed by atoms with Crippen molar-refractivity contribution in [3.05, 3.63) is 46.4 Å². The van der Waals surface area contributed by atoms with Crippen LogP contribution < -0.4 is 0 Å². The van der Waals surface area contributed by atoms with Gasteiger partial charge in [-0.1, -0.05) is 41.1 Å². The van der Waals surface area contributed by atoms with Gasteiger partial charge >= 0.3 is 0 Å². The first-order valence-corrected chi connectivity index (χ1v) is 7.61. The summed E-state index contributed by atoms with van der Waals surface area (Å²) in [5.74, 6) is 1.43. The Kier molecular flexibility index (Phi) is 3.50. The molecule has 0 atom stereocenters. The molecule has 1 aromatic carbocycles. The van der Waals surface area contributed by atoms with E-state index in [2.05, 4.69) is 41.2 Å². The van der Waals surface area contributed by atoms with Crippen LogP contribution in [0.2, 0.25) is 5.15 Å². The standard InChI is InChI=1S/C15H15ClN2S/c1-9-4-3-5-12(8-9)19-15-10(2)13(16)17-14(18-15)11-6-7-11/h3-5,8,11H,6-7H2,1-2H3. The van der Waals surface area contributed by atoms with Crippen LogP contribution in [0.5, 0.6) is 0 Å². The van der Waals surface area contributed by atoms with Gasteiger partial charge in [0.05, 0.1) is 0 Å². The number of nitrogens with zero attached hydrogens (tertiary/aromatic N) is 2. The van der Waals surface area contributed by atoms with Crippen molar-refractivity contribution in [3.63, 3.8) is 0 Å². The molecule has 2 nitrogen and oxygen atoms in total. The van der Waals surface area contributed by atoms with Crippen molar-refractivity contribution >= 4 is 23.4 Å². The van der Waals surface area contributed by atoms with Crippen LogP contribution in [0.3, 0.4) is 0 Å². The molecule has 3 rings (SSSR count). The molecule has 1 saturated carbocycles. The number of benzene rings is 1. The molecule has 19 heavy (non-hydrogen) atoms. The topological polar surface area (TPSA) is 25.8 Å². The Labute approximate surface area is 122 Å². The molecule has 1 fully saturated rings. The predicted molar refractivity (Wildman–Crippen MR) is 79.1 cm³/mol. The maximum Gasteiger partial charge on any atom is 0.136 e. The molecule has 1 aliphatic carbocycles. The van der Waals surface area contributed by atoms with E-state index in [9.17, 15) is 0 Å². The lowest BCUT2D eigenvalue weighted by molar-refractivity contribution is 0.862. The Balaban J connectivity index is 1.95. The van der Waals surface area contributed by atoms with E-state index in [1.165, 1.54) is 23.3 Å². The number of hydrogen-bond acceptors (Lipinski definition) is 3. The summed E-state index contributed by atoms with van der Waals surface area (Å²) in [6.07, 6.45) is 2.38. The third kappa shape index (κ3) is 2.93. The van der Waals surface area contributed by atoms with Gasteiger partial charge in [-0.2, -0.15) is 0 Å². The zero-order chi connectivity index (χ0) is 13.4. The van der Waals surface area contributed by atoms with Crippen molar-refractivity contribution < 1.29 is 0 Å². The molecular formula is C15H15ClN2S. The molecular weight excluding hydrogens is 276 g/mol. The summed E-state index contributed by atoms with van der Waals surface area (Å²) >= 11 is 7.89. The second-order valence-electron chi connectivity index (χ2n) is 5.00. The zero-order valence-electron chi connectivity index (χ0n) is 11.0. The third-order valence-electron chi connectivity index (χ3n) is 3.21. The van der Waals surface area contributed by atoms with Gasteiger partial charge in [-0.25, -0.2) is 9.97 Å². The van der Waals surface area contributed by atoms with Crippen LogP contribution in [0.4, 0.5) is 0 Å². The third-order valence-corrected chi connectivity index (χ3v) is 4.65. The molecule has 2 aromatic rings. The van der Waals surface area contributed by atoms with Crippen molar-refractivity contribution in [1.29, 1.82) is 0 Å². The number of hydrogen-bond donors (Lipinski definition) is 0. The molecule has 1 heterocycles. The Morgan fingerprint density at radius 1 is 1.21 bits per heavy atom. The van der Waals surface area contributed by atoms with E-state index in [0.29, 0.717) is 11.1 Å². The van der Waals surface area contributed by atoms with Gasteiger partial charge in [-0.05, 0) is 38.8 Å². The summed E-state index contributed by atoms with van der Waals surface area (Å²) in [6, 6.07) is 8.43. The molecule has 0 saturated heterocycles. The lowest BCUT2D eigenvalue weighted by atomic mass is 10.2. The van der Waals surface area contributed by atoms with Gasteiger partial charge < -0.3 is 0 Å². The normalized spacial score (nSPS) is 14.7. The van der Waals surface area contributed by atoms with E-state index < -0.39 is 0 Å². The number of aromatic nitrogens is 2. The fraction of sp³-hybridized carbons (Fsp3) is 0.333. The molecule has 0 spiro atoms. The molecule has 98 valence electrons. The van der Waals surface area contributed by atoms with Crippen molar-refractivity contribution in [1.82, 2.24) is 9.97 Å². The van der Waals surface area contributed by atoms with Crippen molar-refractivity contribution in [2.45, 2.75) is 42.5 Å². The second kappa shape index (κ2) is 5.14. The average Bonchev–Trinajstić information content (AvgIpc) is 3.19. The average molecular weight is 291 g/mol. The first-order chi connectivity index (χ1) is 9.13. The fourth-order valence-corrected chi connectivity index (χ4v) is 3.14. The smallest absolute Gasteiger partial charge is 0.136 e. The predicted octanol–water partition coefficient (Wildman–Crippen LogP) is 4.78. The Bertz CT molecular complexity index is 624. The monoisotopic (exact) mass is 290 g/mol. The molecule has 1 aromatic heterocycles. The number of halogens is 1. The summed E-state index contributed by atoms with van der Waals surface area (Å²) < 4.78 is 0. The molecule has 0 N–H and O–H groups in total. The molecule has 4 heteroatoms. The molecule has 0 aliphatic heterocycles. The Morgan fingerprint density at radius 3 is 2.68 bits per heavy atom. The Hall–Kier alpha value is -1.06. The maximum absolute atomic E-state index is 6.22.